The van der Waals surface area contributed by atoms with E-state index in [1.165, 1.54) is 28.7 Å². The third-order valence-electron chi connectivity index (χ3n) is 4.69. The van der Waals surface area contributed by atoms with Gasteiger partial charge in [-0.15, -0.1) is 22.7 Å². The molecule has 0 radical (unpaired) electrons. The fourth-order valence-electron chi connectivity index (χ4n) is 3.17. The van der Waals surface area contributed by atoms with E-state index in [9.17, 15) is 10.1 Å². The molecule has 4 rings (SSSR count). The smallest absolute Gasteiger partial charge is 0.263 e. The Morgan fingerprint density at radius 1 is 1.24 bits per heavy atom. The number of thiophene rings is 2. The van der Waals surface area contributed by atoms with Gasteiger partial charge in [-0.25, -0.2) is 4.98 Å². The maximum absolute atomic E-state index is 13.3. The van der Waals surface area contributed by atoms with Gasteiger partial charge in [-0.2, -0.15) is 5.26 Å². The fourth-order valence-corrected chi connectivity index (χ4v) is 6.04. The zero-order valence-electron chi connectivity index (χ0n) is 16.1. The molecule has 0 aliphatic carbocycles. The Morgan fingerprint density at radius 2 is 2.03 bits per heavy atom. The van der Waals surface area contributed by atoms with Gasteiger partial charge >= 0.3 is 0 Å². The molecule has 3 aromatic heterocycles. The molecule has 0 spiro atoms. The average molecular weight is 438 g/mol. The number of fused-ring (bicyclic) bond motifs is 1. The largest absolute Gasteiger partial charge is 0.287 e. The van der Waals surface area contributed by atoms with E-state index in [2.05, 4.69) is 30.3 Å². The molecule has 0 fully saturated rings. The summed E-state index contributed by atoms with van der Waals surface area (Å²) in [5.74, 6) is 0. The summed E-state index contributed by atoms with van der Waals surface area (Å²) in [6.45, 7) is 4.51. The second-order valence-corrected chi connectivity index (χ2v) is 9.65. The SMILES string of the molecule is CCn1c(SC(C#N)Cc2ccc(C)cc2)nc2scc(-c3cccs3)c2c1=O. The fraction of sp³-hybridized carbons (Fsp3) is 0.227. The quantitative estimate of drug-likeness (QED) is 0.285. The van der Waals surface area contributed by atoms with Crippen LogP contribution in [0.1, 0.15) is 18.1 Å². The molecule has 0 aliphatic heterocycles. The van der Waals surface area contributed by atoms with Crippen LogP contribution in [0.15, 0.2) is 57.1 Å². The van der Waals surface area contributed by atoms with E-state index >= 15 is 0 Å². The van der Waals surface area contributed by atoms with Crippen LogP contribution in [0.4, 0.5) is 0 Å². The summed E-state index contributed by atoms with van der Waals surface area (Å²) in [6.07, 6.45) is 0.615. The van der Waals surface area contributed by atoms with Crippen molar-refractivity contribution >= 4 is 44.7 Å². The molecule has 4 aromatic rings. The zero-order chi connectivity index (χ0) is 20.4. The number of nitriles is 1. The predicted molar refractivity (Wildman–Crippen MR) is 123 cm³/mol. The number of thioether (sulfide) groups is 1. The second-order valence-electron chi connectivity index (χ2n) is 6.68. The Labute approximate surface area is 181 Å². The van der Waals surface area contributed by atoms with Crippen molar-refractivity contribution in [1.29, 1.82) is 5.26 Å². The number of hydrogen-bond acceptors (Lipinski definition) is 6. The number of rotatable bonds is 6. The maximum atomic E-state index is 13.3. The lowest BCUT2D eigenvalue weighted by Gasteiger charge is -2.13. The van der Waals surface area contributed by atoms with Crippen LogP contribution in [0.3, 0.4) is 0 Å². The zero-order valence-corrected chi connectivity index (χ0v) is 18.5. The van der Waals surface area contributed by atoms with Crippen molar-refractivity contribution in [2.45, 2.75) is 37.2 Å². The molecule has 29 heavy (non-hydrogen) atoms. The Bertz CT molecular complexity index is 1230. The third-order valence-corrected chi connectivity index (χ3v) is 7.55. The molecule has 0 saturated heterocycles. The van der Waals surface area contributed by atoms with Gasteiger partial charge in [0, 0.05) is 22.4 Å². The molecule has 0 aliphatic rings. The molecular weight excluding hydrogens is 418 g/mol. The summed E-state index contributed by atoms with van der Waals surface area (Å²) in [5.41, 5.74) is 3.22. The van der Waals surface area contributed by atoms with Crippen molar-refractivity contribution in [2.75, 3.05) is 0 Å². The van der Waals surface area contributed by atoms with Crippen LogP contribution in [0.5, 0.6) is 0 Å². The molecule has 7 heteroatoms. The van der Waals surface area contributed by atoms with E-state index in [-0.39, 0.29) is 10.8 Å². The molecule has 4 nitrogen and oxygen atoms in total. The molecule has 0 N–H and O–H groups in total. The van der Waals surface area contributed by atoms with Crippen molar-refractivity contribution in [2.24, 2.45) is 0 Å². The van der Waals surface area contributed by atoms with Crippen molar-refractivity contribution in [3.8, 4) is 16.5 Å². The minimum absolute atomic E-state index is 0.0309. The molecule has 0 saturated carbocycles. The molecule has 1 aromatic carbocycles. The van der Waals surface area contributed by atoms with Gasteiger partial charge in [-0.3, -0.25) is 9.36 Å². The van der Waals surface area contributed by atoms with Crippen molar-refractivity contribution in [3.05, 3.63) is 68.6 Å². The Balaban J connectivity index is 1.71. The summed E-state index contributed by atoms with van der Waals surface area (Å²) >= 11 is 4.48. The van der Waals surface area contributed by atoms with Gasteiger partial charge in [0.25, 0.3) is 5.56 Å². The molecule has 146 valence electrons. The predicted octanol–water partition coefficient (Wildman–Crippen LogP) is 5.74. The first-order chi connectivity index (χ1) is 14.1. The van der Waals surface area contributed by atoms with Gasteiger partial charge in [0.2, 0.25) is 0 Å². The summed E-state index contributed by atoms with van der Waals surface area (Å²) in [5, 5.41) is 14.7. The van der Waals surface area contributed by atoms with Gasteiger partial charge in [0.05, 0.1) is 11.5 Å². The van der Waals surface area contributed by atoms with Crippen molar-refractivity contribution < 1.29 is 0 Å². The number of aryl methyl sites for hydroxylation is 1. The van der Waals surface area contributed by atoms with E-state index in [4.69, 9.17) is 4.98 Å². The highest BCUT2D eigenvalue weighted by Crippen LogP contribution is 2.35. The van der Waals surface area contributed by atoms with E-state index in [0.29, 0.717) is 23.5 Å². The Morgan fingerprint density at radius 3 is 2.69 bits per heavy atom. The molecule has 1 unspecified atom stereocenters. The highest BCUT2D eigenvalue weighted by molar-refractivity contribution is 8.00. The van der Waals surface area contributed by atoms with Crippen molar-refractivity contribution in [1.82, 2.24) is 9.55 Å². The monoisotopic (exact) mass is 437 g/mol. The van der Waals surface area contributed by atoms with E-state index in [1.807, 2.05) is 36.7 Å². The highest BCUT2D eigenvalue weighted by atomic mass is 32.2. The lowest BCUT2D eigenvalue weighted by Crippen LogP contribution is -2.23. The number of nitrogens with zero attached hydrogens (tertiary/aromatic N) is 3. The van der Waals surface area contributed by atoms with Crippen LogP contribution in [-0.4, -0.2) is 14.8 Å². The minimum Gasteiger partial charge on any atom is -0.287 e. The van der Waals surface area contributed by atoms with E-state index in [1.54, 1.807) is 15.9 Å². The lowest BCUT2D eigenvalue weighted by molar-refractivity contribution is 0.634. The molecular formula is C22H19N3OS3. The van der Waals surface area contributed by atoms with Crippen LogP contribution in [0.25, 0.3) is 20.7 Å². The first-order valence-electron chi connectivity index (χ1n) is 9.28. The normalized spacial score (nSPS) is 12.2. The van der Waals surface area contributed by atoms with Crippen LogP contribution < -0.4 is 5.56 Å². The summed E-state index contributed by atoms with van der Waals surface area (Å²) in [4.78, 5) is 19.9. The second kappa shape index (κ2) is 8.54. The number of benzene rings is 1. The van der Waals surface area contributed by atoms with Crippen molar-refractivity contribution in [3.63, 3.8) is 0 Å². The van der Waals surface area contributed by atoms with Gasteiger partial charge in [-0.1, -0.05) is 47.7 Å². The minimum atomic E-state index is -0.309. The summed E-state index contributed by atoms with van der Waals surface area (Å²) in [7, 11) is 0. The Kier molecular flexibility index (Phi) is 5.86. The summed E-state index contributed by atoms with van der Waals surface area (Å²) in [6, 6.07) is 14.6. The summed E-state index contributed by atoms with van der Waals surface area (Å²) < 4.78 is 1.69. The van der Waals surface area contributed by atoms with Gasteiger partial charge in [0.15, 0.2) is 5.16 Å². The van der Waals surface area contributed by atoms with Crippen LogP contribution in [0, 0.1) is 18.3 Å². The maximum Gasteiger partial charge on any atom is 0.263 e. The number of aromatic nitrogens is 2. The lowest BCUT2D eigenvalue weighted by atomic mass is 10.1. The van der Waals surface area contributed by atoms with Crippen LogP contribution >= 0.6 is 34.4 Å². The Hall–Kier alpha value is -2.40. The first kappa shape index (κ1) is 19.9. The first-order valence-corrected chi connectivity index (χ1v) is 11.9. The average Bonchev–Trinajstić information content (AvgIpc) is 3.39. The van der Waals surface area contributed by atoms with Gasteiger partial charge in [-0.05, 0) is 37.3 Å². The topological polar surface area (TPSA) is 58.7 Å². The number of hydrogen-bond donors (Lipinski definition) is 0. The van der Waals surface area contributed by atoms with Gasteiger partial charge < -0.3 is 0 Å². The van der Waals surface area contributed by atoms with Crippen LogP contribution in [-0.2, 0) is 13.0 Å². The van der Waals surface area contributed by atoms with Gasteiger partial charge in [0.1, 0.15) is 10.1 Å². The molecule has 0 bridgehead atoms. The van der Waals surface area contributed by atoms with Crippen LogP contribution in [0.2, 0.25) is 0 Å². The van der Waals surface area contributed by atoms with E-state index in [0.717, 1.165) is 20.8 Å². The third kappa shape index (κ3) is 4.01. The molecule has 1 atom stereocenters. The highest BCUT2D eigenvalue weighted by Gasteiger charge is 2.20. The standard InChI is InChI=1S/C22H19N3OS3/c1-3-25-21(26)19-17(18-5-4-10-27-18)13-28-20(19)24-22(25)29-16(12-23)11-15-8-6-14(2)7-9-15/h4-10,13,16H,3,11H2,1-2H3. The molecule has 0 amide bonds. The molecule has 3 heterocycles. The van der Waals surface area contributed by atoms with E-state index < -0.39 is 0 Å².